The fraction of sp³-hybridized carbons (Fsp3) is 0.182. The highest BCUT2D eigenvalue weighted by Gasteiger charge is 2.13. The molecule has 0 saturated carbocycles. The second-order valence-electron chi connectivity index (χ2n) is 6.09. The highest BCUT2D eigenvalue weighted by molar-refractivity contribution is 6.32. The Morgan fingerprint density at radius 3 is 1.41 bits per heavy atom. The summed E-state index contributed by atoms with van der Waals surface area (Å²) in [7, 11) is 2.87. The van der Waals surface area contributed by atoms with E-state index in [0.29, 0.717) is 11.5 Å². The largest absolute Gasteiger partial charge is 0.495 e. The molecule has 0 saturated heterocycles. The van der Waals surface area contributed by atoms with E-state index in [1.807, 2.05) is 0 Å². The van der Waals surface area contributed by atoms with Crippen LogP contribution >= 0.6 is 23.2 Å². The first-order valence-corrected chi connectivity index (χ1v) is 9.75. The molecule has 0 N–H and O–H groups in total. The number of halogens is 2. The Morgan fingerprint density at radius 1 is 0.719 bits per heavy atom. The molecule has 2 aromatic carbocycles. The van der Waals surface area contributed by atoms with E-state index in [4.69, 9.17) is 42.1 Å². The van der Waals surface area contributed by atoms with Gasteiger partial charge in [0, 0.05) is 23.3 Å². The minimum Gasteiger partial charge on any atom is -0.495 e. The highest BCUT2D eigenvalue weighted by Crippen LogP contribution is 2.26. The van der Waals surface area contributed by atoms with Gasteiger partial charge in [0.15, 0.2) is 24.8 Å². The molecule has 168 valence electrons. The van der Waals surface area contributed by atoms with E-state index < -0.39 is 36.7 Å². The van der Waals surface area contributed by atoms with Crippen LogP contribution in [0.5, 0.6) is 11.5 Å². The van der Waals surface area contributed by atoms with Gasteiger partial charge in [-0.2, -0.15) is 0 Å². The average molecular weight is 481 g/mol. The lowest BCUT2D eigenvalue weighted by Crippen LogP contribution is -2.14. The highest BCUT2D eigenvalue weighted by atomic mass is 35.5. The van der Waals surface area contributed by atoms with Crippen LogP contribution in [0.4, 0.5) is 0 Å². The van der Waals surface area contributed by atoms with Crippen LogP contribution in [0.3, 0.4) is 0 Å². The van der Waals surface area contributed by atoms with Crippen LogP contribution < -0.4 is 9.47 Å². The molecule has 10 heteroatoms. The number of methoxy groups -OCH3 is 2. The number of ketones is 2. The molecule has 0 aromatic heterocycles. The third-order valence-electron chi connectivity index (χ3n) is 3.99. The predicted octanol–water partition coefficient (Wildman–Crippen LogP) is 3.72. The summed E-state index contributed by atoms with van der Waals surface area (Å²) in [5, 5.41) is 0.470. The summed E-state index contributed by atoms with van der Waals surface area (Å²) in [5.41, 5.74) is 0.452. The lowest BCUT2D eigenvalue weighted by molar-refractivity contribution is -0.139. The second-order valence-corrected chi connectivity index (χ2v) is 6.91. The molecule has 2 rings (SSSR count). The molecule has 32 heavy (non-hydrogen) atoms. The molecule has 0 aliphatic heterocycles. The molecule has 0 unspecified atom stereocenters. The summed E-state index contributed by atoms with van der Waals surface area (Å²) < 4.78 is 19.6. The van der Waals surface area contributed by atoms with Crippen LogP contribution in [0, 0.1) is 0 Å². The lowest BCUT2D eigenvalue weighted by Gasteiger charge is -2.06. The summed E-state index contributed by atoms with van der Waals surface area (Å²) in [5.74, 6) is -2.08. The molecule has 8 nitrogen and oxygen atoms in total. The van der Waals surface area contributed by atoms with Gasteiger partial charge in [0.1, 0.15) is 11.5 Å². The van der Waals surface area contributed by atoms with Gasteiger partial charge >= 0.3 is 11.9 Å². The monoisotopic (exact) mass is 480 g/mol. The number of hydrogen-bond acceptors (Lipinski definition) is 8. The fourth-order valence-electron chi connectivity index (χ4n) is 2.35. The van der Waals surface area contributed by atoms with Crippen molar-refractivity contribution in [2.75, 3.05) is 27.4 Å². The van der Waals surface area contributed by atoms with Crippen molar-refractivity contribution in [2.24, 2.45) is 0 Å². The van der Waals surface area contributed by atoms with Gasteiger partial charge in [-0.3, -0.25) is 9.59 Å². The Hall–Kier alpha value is -3.36. The summed E-state index contributed by atoms with van der Waals surface area (Å²) in [4.78, 5) is 47.5. The van der Waals surface area contributed by atoms with Crippen molar-refractivity contribution in [3.05, 3.63) is 69.7 Å². The second kappa shape index (κ2) is 11.9. The fourth-order valence-corrected chi connectivity index (χ4v) is 2.87. The van der Waals surface area contributed by atoms with Crippen LogP contribution in [0.15, 0.2) is 48.6 Å². The molecular formula is C22H18Cl2O8. The van der Waals surface area contributed by atoms with Crippen LogP contribution in [0.25, 0.3) is 0 Å². The number of Topliss-reactive ketones (excluding diaryl/α,β-unsaturated/α-hetero) is 2. The smallest absolute Gasteiger partial charge is 0.331 e. The van der Waals surface area contributed by atoms with E-state index in [2.05, 4.69) is 0 Å². The van der Waals surface area contributed by atoms with Gasteiger partial charge in [0.05, 0.1) is 24.3 Å². The maximum Gasteiger partial charge on any atom is 0.331 e. The normalized spacial score (nSPS) is 10.5. The van der Waals surface area contributed by atoms with E-state index in [9.17, 15) is 19.2 Å². The summed E-state index contributed by atoms with van der Waals surface area (Å²) in [6.45, 7) is -1.12. The third kappa shape index (κ3) is 7.11. The number of rotatable bonds is 10. The molecule has 0 radical (unpaired) electrons. The predicted molar refractivity (Wildman–Crippen MR) is 116 cm³/mol. The molecule has 0 spiro atoms. The maximum absolute atomic E-state index is 12.1. The van der Waals surface area contributed by atoms with Crippen molar-refractivity contribution in [3.8, 4) is 11.5 Å². The van der Waals surface area contributed by atoms with Crippen LogP contribution in [0.2, 0.25) is 10.0 Å². The van der Waals surface area contributed by atoms with E-state index in [1.54, 1.807) is 0 Å². The zero-order valence-corrected chi connectivity index (χ0v) is 18.6. The van der Waals surface area contributed by atoms with Gasteiger partial charge in [-0.15, -0.1) is 0 Å². The van der Waals surface area contributed by atoms with E-state index >= 15 is 0 Å². The van der Waals surface area contributed by atoms with Gasteiger partial charge in [-0.1, -0.05) is 23.2 Å². The molecule has 0 heterocycles. The number of carbonyl (C=O) groups is 4. The van der Waals surface area contributed by atoms with E-state index in [0.717, 1.165) is 12.2 Å². The Morgan fingerprint density at radius 2 is 1.09 bits per heavy atom. The molecule has 0 bridgehead atoms. The van der Waals surface area contributed by atoms with Crippen molar-refractivity contribution in [2.45, 2.75) is 0 Å². The molecule has 0 aliphatic carbocycles. The van der Waals surface area contributed by atoms with Gasteiger partial charge < -0.3 is 18.9 Å². The SMILES string of the molecule is COc1ccc(C(=O)COC(=O)/C=C/C(=O)OCC(=O)c2ccc(OC)c(Cl)c2)cc1Cl. The molecule has 0 amide bonds. The quantitative estimate of drug-likeness (QED) is 0.287. The minimum absolute atomic E-state index is 0.226. The Labute approximate surface area is 193 Å². The van der Waals surface area contributed by atoms with Crippen LogP contribution in [-0.4, -0.2) is 50.9 Å². The van der Waals surface area contributed by atoms with Crippen LogP contribution in [0.1, 0.15) is 20.7 Å². The first-order chi connectivity index (χ1) is 15.2. The number of hydrogen-bond donors (Lipinski definition) is 0. The zero-order valence-electron chi connectivity index (χ0n) is 17.1. The Balaban J connectivity index is 1.79. The first kappa shape index (κ1) is 24.9. The minimum atomic E-state index is -0.942. The number of carbonyl (C=O) groups excluding carboxylic acids is 4. The van der Waals surface area contributed by atoms with Gasteiger partial charge in [-0.05, 0) is 36.4 Å². The van der Waals surface area contributed by atoms with Crippen LogP contribution in [-0.2, 0) is 19.1 Å². The van der Waals surface area contributed by atoms with Crippen molar-refractivity contribution in [1.82, 2.24) is 0 Å². The molecule has 0 aliphatic rings. The topological polar surface area (TPSA) is 105 Å². The average Bonchev–Trinajstić information content (AvgIpc) is 2.79. The van der Waals surface area contributed by atoms with Crippen molar-refractivity contribution < 1.29 is 38.1 Å². The van der Waals surface area contributed by atoms with Crippen molar-refractivity contribution >= 4 is 46.7 Å². The molecule has 2 aromatic rings. The van der Waals surface area contributed by atoms with Gasteiger partial charge in [-0.25, -0.2) is 9.59 Å². The summed E-state index contributed by atoms with van der Waals surface area (Å²) in [6.07, 6.45) is 1.57. The Bertz CT molecular complexity index is 978. The number of esters is 2. The maximum atomic E-state index is 12.1. The summed E-state index contributed by atoms with van der Waals surface area (Å²) >= 11 is 11.9. The lowest BCUT2D eigenvalue weighted by atomic mass is 10.1. The van der Waals surface area contributed by atoms with Crippen molar-refractivity contribution in [1.29, 1.82) is 0 Å². The standard InChI is InChI=1S/C22H18Cl2O8/c1-29-19-5-3-13(9-15(19)23)17(25)11-31-21(27)7-8-22(28)32-12-18(26)14-4-6-20(30-2)16(24)10-14/h3-10H,11-12H2,1-2H3/b8-7+. The molecule has 0 atom stereocenters. The third-order valence-corrected chi connectivity index (χ3v) is 4.58. The summed E-state index contributed by atoms with van der Waals surface area (Å²) in [6, 6.07) is 8.73. The van der Waals surface area contributed by atoms with Gasteiger partial charge in [0.25, 0.3) is 0 Å². The van der Waals surface area contributed by atoms with E-state index in [1.165, 1.54) is 50.6 Å². The van der Waals surface area contributed by atoms with E-state index in [-0.39, 0.29) is 21.2 Å². The Kier molecular flexibility index (Phi) is 9.24. The number of ether oxygens (including phenoxy) is 4. The van der Waals surface area contributed by atoms with Crippen molar-refractivity contribution in [3.63, 3.8) is 0 Å². The molecule has 0 fully saturated rings. The number of benzene rings is 2. The van der Waals surface area contributed by atoms with Gasteiger partial charge in [0.2, 0.25) is 0 Å². The first-order valence-electron chi connectivity index (χ1n) is 9.00. The zero-order chi connectivity index (χ0) is 23.7. The molecular weight excluding hydrogens is 463 g/mol.